The van der Waals surface area contributed by atoms with Crippen molar-refractivity contribution in [1.29, 1.82) is 0 Å². The predicted octanol–water partition coefficient (Wildman–Crippen LogP) is 5.22. The van der Waals surface area contributed by atoms with Gasteiger partial charge in [0.1, 0.15) is 0 Å². The Morgan fingerprint density at radius 3 is 1.84 bits per heavy atom. The van der Waals surface area contributed by atoms with E-state index in [1.54, 1.807) is 5.79 Å². The van der Waals surface area contributed by atoms with Gasteiger partial charge in [-0.25, -0.2) is 0 Å². The molecule has 2 aromatic rings. The van der Waals surface area contributed by atoms with Crippen LogP contribution >= 0.6 is 34.3 Å². The van der Waals surface area contributed by atoms with Crippen LogP contribution in [0.25, 0.3) is 9.75 Å². The zero-order chi connectivity index (χ0) is 14.4. The monoisotopic (exact) mass is 528 g/mol. The van der Waals surface area contributed by atoms with Gasteiger partial charge < -0.3 is 0 Å². The van der Waals surface area contributed by atoms with E-state index in [0.717, 1.165) is 5.02 Å². The summed E-state index contributed by atoms with van der Waals surface area (Å²) >= 11 is 6.48. The Kier molecular flexibility index (Phi) is 5.10. The van der Waals surface area contributed by atoms with Crippen molar-refractivity contribution in [1.82, 2.24) is 0 Å². The SMILES string of the molecule is [CH3][Sn]([CH3])([CH3])[c]1ccc(-c2s[c]([Sn]([CH3])([CH3])[CH3])cc2Cl)s1. The Hall–Kier alpha value is 1.29. The van der Waals surface area contributed by atoms with Crippen LogP contribution in [0.3, 0.4) is 0 Å². The molecule has 0 nitrogen and oxygen atoms in total. The molecule has 0 fully saturated rings. The molecule has 0 bridgehead atoms. The van der Waals surface area contributed by atoms with Gasteiger partial charge >= 0.3 is 139 Å². The summed E-state index contributed by atoms with van der Waals surface area (Å²) in [5.74, 6) is 0. The summed E-state index contributed by atoms with van der Waals surface area (Å²) in [6.45, 7) is 0. The molecule has 19 heavy (non-hydrogen) atoms. The quantitative estimate of drug-likeness (QED) is 0.482. The van der Waals surface area contributed by atoms with Crippen LogP contribution in [-0.4, -0.2) is 36.8 Å². The van der Waals surface area contributed by atoms with Crippen LogP contribution < -0.4 is 5.79 Å². The van der Waals surface area contributed by atoms with Gasteiger partial charge in [-0.2, -0.15) is 0 Å². The van der Waals surface area contributed by atoms with E-state index in [0.29, 0.717) is 0 Å². The second-order valence-corrected chi connectivity index (χ2v) is 40.3. The van der Waals surface area contributed by atoms with E-state index < -0.39 is 36.8 Å². The van der Waals surface area contributed by atoms with E-state index >= 15 is 0 Å². The molecule has 0 N–H and O–H groups in total. The van der Waals surface area contributed by atoms with Crippen molar-refractivity contribution in [2.24, 2.45) is 0 Å². The van der Waals surface area contributed by atoms with Gasteiger partial charge in [-0.15, -0.1) is 0 Å². The molecule has 2 heterocycles. The molecule has 0 saturated heterocycles. The minimum absolute atomic E-state index is 0.962. The standard InChI is InChI=1S/C8H3ClS2.6CH3.2Sn/c9-6-3-5-11-8(6)7-2-1-4-10-7;;;;;;;;/h1-3H;6*1H3;;. The zero-order valence-electron chi connectivity index (χ0n) is 12.4. The maximum atomic E-state index is 6.48. The first-order chi connectivity index (χ1) is 8.59. The Balaban J connectivity index is 2.43. The van der Waals surface area contributed by atoms with Gasteiger partial charge in [-0.3, -0.25) is 0 Å². The fraction of sp³-hybridized carbons (Fsp3) is 0.429. The van der Waals surface area contributed by atoms with Crippen LogP contribution in [0.5, 0.6) is 0 Å². The van der Waals surface area contributed by atoms with Gasteiger partial charge in [0.25, 0.3) is 0 Å². The Morgan fingerprint density at radius 2 is 1.42 bits per heavy atom. The van der Waals surface area contributed by atoms with Crippen molar-refractivity contribution < 1.29 is 0 Å². The molecule has 0 aliphatic heterocycles. The predicted molar refractivity (Wildman–Crippen MR) is 98.6 cm³/mol. The fourth-order valence-electron chi connectivity index (χ4n) is 1.77. The fourth-order valence-corrected chi connectivity index (χ4v) is 15.1. The van der Waals surface area contributed by atoms with E-state index in [1.807, 2.05) is 22.7 Å². The molecule has 0 atom stereocenters. The van der Waals surface area contributed by atoms with Gasteiger partial charge in [0, 0.05) is 0 Å². The molecule has 0 amide bonds. The topological polar surface area (TPSA) is 0 Å². The number of halogens is 1. The summed E-state index contributed by atoms with van der Waals surface area (Å²) < 4.78 is 3.21. The summed E-state index contributed by atoms with van der Waals surface area (Å²) in [5, 5.41) is 0.962. The molecule has 2 rings (SSSR count). The van der Waals surface area contributed by atoms with Crippen molar-refractivity contribution in [2.75, 3.05) is 0 Å². The normalized spacial score (nSPS) is 13.0. The first kappa shape index (κ1) is 16.7. The summed E-state index contributed by atoms with van der Waals surface area (Å²) in [5.41, 5.74) is 0. The number of hydrogen-bond acceptors (Lipinski definition) is 2. The summed E-state index contributed by atoms with van der Waals surface area (Å²) in [7, 11) is 0. The number of thiophene rings is 2. The Morgan fingerprint density at radius 1 is 0.842 bits per heavy atom. The van der Waals surface area contributed by atoms with Crippen LogP contribution in [0.2, 0.25) is 34.7 Å². The van der Waals surface area contributed by atoms with Crippen LogP contribution in [0, 0.1) is 0 Å². The van der Waals surface area contributed by atoms with Gasteiger partial charge in [0.2, 0.25) is 0 Å². The summed E-state index contributed by atoms with van der Waals surface area (Å²) in [6, 6.07) is 6.85. The molecular formula is C14H21ClS2Sn2. The van der Waals surface area contributed by atoms with Crippen molar-refractivity contribution in [3.8, 4) is 9.75 Å². The van der Waals surface area contributed by atoms with Crippen molar-refractivity contribution in [2.45, 2.75) is 29.6 Å². The summed E-state index contributed by atoms with van der Waals surface area (Å²) in [6.07, 6.45) is 0. The average molecular weight is 526 g/mol. The van der Waals surface area contributed by atoms with Crippen LogP contribution in [-0.2, 0) is 0 Å². The summed E-state index contributed by atoms with van der Waals surface area (Å²) in [4.78, 5) is 17.4. The van der Waals surface area contributed by atoms with Crippen LogP contribution in [0.15, 0.2) is 18.2 Å². The minimum atomic E-state index is -1.99. The van der Waals surface area contributed by atoms with Gasteiger partial charge in [0.15, 0.2) is 0 Å². The average Bonchev–Trinajstić information content (AvgIpc) is 2.80. The molecule has 0 saturated carbocycles. The first-order valence-corrected chi connectivity index (χ1v) is 28.5. The van der Waals surface area contributed by atoms with Crippen molar-refractivity contribution >= 4 is 76.8 Å². The van der Waals surface area contributed by atoms with E-state index in [-0.39, 0.29) is 0 Å². The molecule has 0 aliphatic carbocycles. The van der Waals surface area contributed by atoms with E-state index in [2.05, 4.69) is 47.8 Å². The number of rotatable bonds is 3. The van der Waals surface area contributed by atoms with Crippen molar-refractivity contribution in [3.05, 3.63) is 23.2 Å². The van der Waals surface area contributed by atoms with Gasteiger partial charge in [-0.05, 0) is 0 Å². The molecule has 0 radical (unpaired) electrons. The van der Waals surface area contributed by atoms with E-state index in [4.69, 9.17) is 11.6 Å². The molecule has 0 aliphatic rings. The van der Waals surface area contributed by atoms with E-state index in [9.17, 15) is 0 Å². The third kappa shape index (κ3) is 3.93. The number of hydrogen-bond donors (Lipinski definition) is 0. The molecule has 0 unspecified atom stereocenters. The molecule has 5 heteroatoms. The van der Waals surface area contributed by atoms with E-state index in [1.165, 1.54) is 9.75 Å². The maximum absolute atomic E-state index is 6.48. The Bertz CT molecular complexity index is 585. The zero-order valence-corrected chi connectivity index (χ0v) is 20.5. The third-order valence-electron chi connectivity index (χ3n) is 2.99. The second-order valence-electron chi connectivity index (χ2n) is 6.95. The molecule has 104 valence electrons. The molecule has 0 spiro atoms. The van der Waals surface area contributed by atoms with Gasteiger partial charge in [-0.1, -0.05) is 0 Å². The second kappa shape index (κ2) is 5.82. The van der Waals surface area contributed by atoms with Crippen LogP contribution in [0.1, 0.15) is 0 Å². The first-order valence-electron chi connectivity index (χ1n) is 6.49. The Labute approximate surface area is 137 Å². The van der Waals surface area contributed by atoms with Crippen LogP contribution in [0.4, 0.5) is 0 Å². The van der Waals surface area contributed by atoms with Crippen molar-refractivity contribution in [3.63, 3.8) is 0 Å². The third-order valence-corrected chi connectivity index (χ3v) is 24.7. The molecule has 2 aromatic heterocycles. The van der Waals surface area contributed by atoms with Gasteiger partial charge in [0.05, 0.1) is 0 Å². The molecular weight excluding hydrogens is 505 g/mol. The molecule has 0 aromatic carbocycles.